The van der Waals surface area contributed by atoms with Crippen LogP contribution in [-0.2, 0) is 11.3 Å². The Labute approximate surface area is 141 Å². The number of aliphatic hydroxyl groups is 2. The van der Waals surface area contributed by atoms with E-state index >= 15 is 0 Å². The Morgan fingerprint density at radius 3 is 2.92 bits per heavy atom. The van der Waals surface area contributed by atoms with Crippen molar-refractivity contribution in [2.24, 2.45) is 0 Å². The molecule has 0 saturated carbocycles. The van der Waals surface area contributed by atoms with Crippen molar-refractivity contribution in [3.8, 4) is 0 Å². The smallest absolute Gasteiger partial charge is 0.109 e. The summed E-state index contributed by atoms with van der Waals surface area (Å²) in [6, 6.07) is 4.12. The summed E-state index contributed by atoms with van der Waals surface area (Å²) in [4.78, 5) is 2.38. The lowest BCUT2D eigenvalue weighted by atomic mass is 9.80. The predicted molar refractivity (Wildman–Crippen MR) is 89.8 cm³/mol. The Morgan fingerprint density at radius 2 is 2.12 bits per heavy atom. The van der Waals surface area contributed by atoms with Gasteiger partial charge < -0.3 is 14.9 Å². The van der Waals surface area contributed by atoms with Crippen LogP contribution in [0.15, 0.2) is 24.5 Å². The molecule has 0 amide bonds. The summed E-state index contributed by atoms with van der Waals surface area (Å²) in [5.74, 6) is 0. The maximum atomic E-state index is 10.4. The van der Waals surface area contributed by atoms with Crippen LogP contribution in [0.3, 0.4) is 0 Å². The van der Waals surface area contributed by atoms with E-state index in [0.29, 0.717) is 13.0 Å². The van der Waals surface area contributed by atoms with Gasteiger partial charge >= 0.3 is 0 Å². The van der Waals surface area contributed by atoms with Crippen LogP contribution in [0, 0.1) is 6.92 Å². The van der Waals surface area contributed by atoms with Gasteiger partial charge in [0, 0.05) is 31.4 Å². The summed E-state index contributed by atoms with van der Waals surface area (Å²) in [5, 5.41) is 24.8. The maximum Gasteiger partial charge on any atom is 0.109 e. The molecule has 2 N–H and O–H groups in total. The molecule has 0 aromatic carbocycles. The average molecular weight is 331 g/mol. The first-order chi connectivity index (χ1) is 11.6. The van der Waals surface area contributed by atoms with Gasteiger partial charge in [0.1, 0.15) is 6.10 Å². The molecule has 0 bridgehead atoms. The Balaban J connectivity index is 1.46. The zero-order valence-corrected chi connectivity index (χ0v) is 14.1. The number of aliphatic hydroxyl groups excluding tert-OH is 2. The van der Waals surface area contributed by atoms with Gasteiger partial charge in [0.15, 0.2) is 0 Å². The molecule has 130 valence electrons. The van der Waals surface area contributed by atoms with Crippen LogP contribution in [0.1, 0.15) is 30.4 Å². The Kier molecular flexibility index (Phi) is 4.08. The van der Waals surface area contributed by atoms with E-state index < -0.39 is 17.8 Å². The third-order valence-corrected chi connectivity index (χ3v) is 5.62. The third-order valence-electron chi connectivity index (χ3n) is 5.62. The average Bonchev–Trinajstić information content (AvgIpc) is 2.99. The Morgan fingerprint density at radius 1 is 1.33 bits per heavy atom. The van der Waals surface area contributed by atoms with Crippen molar-refractivity contribution in [2.75, 3.05) is 19.7 Å². The number of aryl methyl sites for hydroxylation is 1. The van der Waals surface area contributed by atoms with Crippen molar-refractivity contribution in [3.63, 3.8) is 0 Å². The van der Waals surface area contributed by atoms with Crippen molar-refractivity contribution in [1.82, 2.24) is 14.5 Å². The fourth-order valence-corrected chi connectivity index (χ4v) is 4.16. The molecule has 0 radical (unpaired) electrons. The molecule has 2 aromatic rings. The van der Waals surface area contributed by atoms with Crippen molar-refractivity contribution in [3.05, 3.63) is 35.7 Å². The monoisotopic (exact) mass is 331 g/mol. The van der Waals surface area contributed by atoms with Crippen molar-refractivity contribution < 1.29 is 14.9 Å². The number of aromatic nitrogens is 2. The first-order valence-corrected chi connectivity index (χ1v) is 8.73. The summed E-state index contributed by atoms with van der Waals surface area (Å²) in [6.07, 6.45) is 4.52. The number of piperidine rings is 1. The van der Waals surface area contributed by atoms with Crippen molar-refractivity contribution in [1.29, 1.82) is 0 Å². The second kappa shape index (κ2) is 6.11. The van der Waals surface area contributed by atoms with Gasteiger partial charge in [-0.15, -0.1) is 0 Å². The van der Waals surface area contributed by atoms with E-state index in [0.717, 1.165) is 32.5 Å². The van der Waals surface area contributed by atoms with Gasteiger partial charge in [-0.1, -0.05) is 6.07 Å². The molecule has 24 heavy (non-hydrogen) atoms. The molecule has 6 heteroatoms. The molecule has 2 aliphatic rings. The standard InChI is InChI=1S/C18H25N3O3/c1-13-3-2-7-21-16(13)14(11-19-21)12-20-8-5-18(6-9-20)17(23)15(22)4-10-24-18/h2-3,7,11,15,17,22-23H,4-6,8-10,12H2,1H3/t15-,17-/m0/s1. The molecule has 6 nitrogen and oxygen atoms in total. The normalized spacial score (nSPS) is 27.8. The molecule has 0 aliphatic carbocycles. The summed E-state index contributed by atoms with van der Waals surface area (Å²) >= 11 is 0. The number of hydrogen-bond donors (Lipinski definition) is 2. The van der Waals surface area contributed by atoms with E-state index in [2.05, 4.69) is 23.0 Å². The maximum absolute atomic E-state index is 10.4. The second-order valence-corrected chi connectivity index (χ2v) is 7.14. The van der Waals surface area contributed by atoms with Gasteiger partial charge in [-0.05, 0) is 37.8 Å². The minimum atomic E-state index is -0.771. The van der Waals surface area contributed by atoms with Crippen molar-refractivity contribution >= 4 is 5.52 Å². The van der Waals surface area contributed by atoms with E-state index in [1.165, 1.54) is 16.6 Å². The van der Waals surface area contributed by atoms with Crippen LogP contribution in [-0.4, -0.2) is 62.2 Å². The minimum absolute atomic E-state index is 0.522. The topological polar surface area (TPSA) is 70.2 Å². The predicted octanol–water partition coefficient (Wildman–Crippen LogP) is 1.12. The lowest BCUT2D eigenvalue weighted by molar-refractivity contribution is -0.214. The van der Waals surface area contributed by atoms with Gasteiger partial charge in [0.2, 0.25) is 0 Å². The Hall–Kier alpha value is -1.47. The van der Waals surface area contributed by atoms with E-state index in [1.54, 1.807) is 0 Å². The van der Waals surface area contributed by atoms with Gasteiger partial charge in [0.05, 0.1) is 30.0 Å². The number of hydrogen-bond acceptors (Lipinski definition) is 5. The van der Waals surface area contributed by atoms with Crippen LogP contribution in [0.2, 0.25) is 0 Å². The molecule has 2 aromatic heterocycles. The molecule has 2 aliphatic heterocycles. The highest BCUT2D eigenvalue weighted by atomic mass is 16.5. The zero-order chi connectivity index (χ0) is 16.7. The first-order valence-electron chi connectivity index (χ1n) is 8.73. The lowest BCUT2D eigenvalue weighted by Crippen LogP contribution is -2.59. The summed E-state index contributed by atoms with van der Waals surface area (Å²) in [5.41, 5.74) is 3.08. The van der Waals surface area contributed by atoms with Gasteiger partial charge in [-0.25, -0.2) is 4.52 Å². The summed E-state index contributed by atoms with van der Waals surface area (Å²) in [7, 11) is 0. The SMILES string of the molecule is Cc1cccn2ncc(CN3CCC4(CC3)OCC[C@H](O)[C@@H]4O)c12. The quantitative estimate of drug-likeness (QED) is 0.863. The first kappa shape index (κ1) is 16.0. The number of pyridine rings is 1. The summed E-state index contributed by atoms with van der Waals surface area (Å²) < 4.78 is 7.84. The Bertz CT molecular complexity index is 721. The fraction of sp³-hybridized carbons (Fsp3) is 0.611. The highest BCUT2D eigenvalue weighted by Crippen LogP contribution is 2.36. The largest absolute Gasteiger partial charge is 0.390 e. The van der Waals surface area contributed by atoms with Crippen LogP contribution < -0.4 is 0 Å². The number of likely N-dealkylation sites (tertiary alicyclic amines) is 1. The number of rotatable bonds is 2. The number of ether oxygens (including phenoxy) is 1. The molecule has 0 unspecified atom stereocenters. The van der Waals surface area contributed by atoms with Gasteiger partial charge in [0.25, 0.3) is 0 Å². The van der Waals surface area contributed by atoms with Crippen molar-refractivity contribution in [2.45, 2.75) is 50.5 Å². The number of nitrogens with zero attached hydrogens (tertiary/aromatic N) is 3. The molecule has 4 rings (SSSR count). The van der Waals surface area contributed by atoms with Crippen LogP contribution in [0.5, 0.6) is 0 Å². The van der Waals surface area contributed by atoms with E-state index in [1.807, 2.05) is 23.0 Å². The molecule has 1 spiro atoms. The lowest BCUT2D eigenvalue weighted by Gasteiger charge is -2.48. The van der Waals surface area contributed by atoms with Crippen LogP contribution in [0.25, 0.3) is 5.52 Å². The third kappa shape index (κ3) is 2.63. The summed E-state index contributed by atoms with van der Waals surface area (Å²) in [6.45, 7) is 5.20. The molecule has 2 saturated heterocycles. The second-order valence-electron chi connectivity index (χ2n) is 7.14. The zero-order valence-electron chi connectivity index (χ0n) is 14.1. The number of fused-ring (bicyclic) bond motifs is 1. The minimum Gasteiger partial charge on any atom is -0.390 e. The molecule has 2 atom stereocenters. The van der Waals surface area contributed by atoms with E-state index in [9.17, 15) is 10.2 Å². The van der Waals surface area contributed by atoms with Crippen LogP contribution in [0.4, 0.5) is 0 Å². The van der Waals surface area contributed by atoms with Gasteiger partial charge in [-0.2, -0.15) is 5.10 Å². The molecule has 2 fully saturated rings. The highest BCUT2D eigenvalue weighted by molar-refractivity contribution is 5.59. The van der Waals surface area contributed by atoms with E-state index in [-0.39, 0.29) is 0 Å². The van der Waals surface area contributed by atoms with E-state index in [4.69, 9.17) is 4.74 Å². The molecular weight excluding hydrogens is 306 g/mol. The van der Waals surface area contributed by atoms with Gasteiger partial charge in [-0.3, -0.25) is 4.90 Å². The highest BCUT2D eigenvalue weighted by Gasteiger charge is 2.47. The molecular formula is C18H25N3O3. The fourth-order valence-electron chi connectivity index (χ4n) is 4.16. The molecule has 4 heterocycles. The van der Waals surface area contributed by atoms with Crippen LogP contribution >= 0.6 is 0 Å².